The van der Waals surface area contributed by atoms with Crippen LogP contribution < -0.4 is 16.0 Å². The molecule has 1 aliphatic heterocycles. The van der Waals surface area contributed by atoms with Crippen LogP contribution in [0.5, 0.6) is 0 Å². The van der Waals surface area contributed by atoms with Gasteiger partial charge >= 0.3 is 0 Å². The van der Waals surface area contributed by atoms with Crippen LogP contribution >= 0.6 is 0 Å². The smallest absolute Gasteiger partial charge is 0.248 e. The van der Waals surface area contributed by atoms with Crippen LogP contribution in [0.3, 0.4) is 0 Å². The highest BCUT2D eigenvalue weighted by Gasteiger charge is 2.34. The number of aromatic nitrogens is 7. The van der Waals surface area contributed by atoms with Gasteiger partial charge in [-0.1, -0.05) is 19.9 Å². The molecular weight excluding hydrogens is 476 g/mol. The van der Waals surface area contributed by atoms with Crippen LogP contribution in [0.1, 0.15) is 44.6 Å². The van der Waals surface area contributed by atoms with E-state index in [1.165, 1.54) is 18.4 Å². The van der Waals surface area contributed by atoms with Crippen molar-refractivity contribution in [1.29, 1.82) is 0 Å². The molecule has 5 aromatic heterocycles. The van der Waals surface area contributed by atoms with Crippen LogP contribution in [0.25, 0.3) is 27.9 Å². The first kappa shape index (κ1) is 23.0. The molecule has 0 bridgehead atoms. The molecule has 1 saturated carbocycles. The molecule has 5 aromatic rings. The van der Waals surface area contributed by atoms with Gasteiger partial charge in [-0.05, 0) is 67.0 Å². The third-order valence-electron chi connectivity index (χ3n) is 7.60. The predicted molar refractivity (Wildman–Crippen MR) is 147 cm³/mol. The zero-order valence-corrected chi connectivity index (χ0v) is 21.5. The quantitative estimate of drug-likeness (QED) is 0.305. The summed E-state index contributed by atoms with van der Waals surface area (Å²) >= 11 is 0. The molecule has 192 valence electrons. The lowest BCUT2D eigenvalue weighted by atomic mass is 9.80. The average molecular weight is 507 g/mol. The fourth-order valence-electron chi connectivity index (χ4n) is 5.29. The Morgan fingerprint density at radius 1 is 1.05 bits per heavy atom. The molecule has 2 fully saturated rings. The second-order valence-corrected chi connectivity index (χ2v) is 10.9. The Bertz CT molecular complexity index is 1600. The Labute approximate surface area is 220 Å². The molecular formula is C28H30N10. The summed E-state index contributed by atoms with van der Waals surface area (Å²) in [5, 5.41) is 16.2. The van der Waals surface area contributed by atoms with E-state index in [4.69, 9.17) is 9.97 Å². The Morgan fingerprint density at radius 3 is 2.82 bits per heavy atom. The molecule has 6 heterocycles. The molecule has 2 aliphatic rings. The molecule has 0 aromatic carbocycles. The van der Waals surface area contributed by atoms with Crippen LogP contribution in [-0.2, 0) is 0 Å². The third kappa shape index (κ3) is 4.30. The highest BCUT2D eigenvalue weighted by atomic mass is 15.3. The molecule has 1 unspecified atom stereocenters. The minimum absolute atomic E-state index is 0.0946. The SMILES string of the molecule is CC1(C)CNCCC1Nc1nc(-c2ccnc(Nc3nc4ccccn4n3)c2)nc2cncc(C3CC3)c12. The maximum absolute atomic E-state index is 5.12. The van der Waals surface area contributed by atoms with Crippen LogP contribution in [0.2, 0.25) is 0 Å². The van der Waals surface area contributed by atoms with Gasteiger partial charge < -0.3 is 16.0 Å². The molecule has 38 heavy (non-hydrogen) atoms. The van der Waals surface area contributed by atoms with Gasteiger partial charge in [0.1, 0.15) is 11.6 Å². The number of nitrogens with zero attached hydrogens (tertiary/aromatic N) is 7. The first-order chi connectivity index (χ1) is 18.5. The number of hydrogen-bond donors (Lipinski definition) is 3. The third-order valence-corrected chi connectivity index (χ3v) is 7.60. The first-order valence-corrected chi connectivity index (χ1v) is 13.2. The van der Waals surface area contributed by atoms with Crippen molar-refractivity contribution in [1.82, 2.24) is 39.9 Å². The van der Waals surface area contributed by atoms with Crippen LogP contribution in [-0.4, -0.2) is 53.7 Å². The minimum Gasteiger partial charge on any atom is -0.366 e. The van der Waals surface area contributed by atoms with E-state index in [1.54, 1.807) is 10.7 Å². The van der Waals surface area contributed by atoms with Crippen molar-refractivity contribution in [3.63, 3.8) is 0 Å². The standard InChI is InChI=1S/C28H30N10/c1-28(2)16-29-10-9-21(28)33-26-24-19(17-6-7-17)14-30-15-20(24)32-25(36-26)18-8-11-31-22(13-18)34-27-35-23-5-3-4-12-38(23)37-27/h3-5,8,11-15,17,21,29H,6-7,9-10,16H2,1-2H3,(H,31,34,37)(H,32,33,36). The fraction of sp³-hybridized carbons (Fsp3) is 0.357. The molecule has 1 atom stereocenters. The second-order valence-electron chi connectivity index (χ2n) is 10.9. The van der Waals surface area contributed by atoms with E-state index in [0.29, 0.717) is 29.6 Å². The van der Waals surface area contributed by atoms with Crippen molar-refractivity contribution in [2.24, 2.45) is 5.41 Å². The lowest BCUT2D eigenvalue weighted by molar-refractivity contribution is 0.236. The van der Waals surface area contributed by atoms with E-state index in [2.05, 4.69) is 49.8 Å². The van der Waals surface area contributed by atoms with E-state index >= 15 is 0 Å². The van der Waals surface area contributed by atoms with Crippen molar-refractivity contribution >= 4 is 34.1 Å². The van der Waals surface area contributed by atoms with Crippen molar-refractivity contribution in [3.8, 4) is 11.4 Å². The van der Waals surface area contributed by atoms with Gasteiger partial charge in [-0.3, -0.25) is 4.98 Å². The summed E-state index contributed by atoms with van der Waals surface area (Å²) in [6.45, 7) is 6.57. The summed E-state index contributed by atoms with van der Waals surface area (Å²) in [6.07, 6.45) is 10.9. The molecule has 1 aliphatic carbocycles. The predicted octanol–water partition coefficient (Wildman–Crippen LogP) is 4.55. The summed E-state index contributed by atoms with van der Waals surface area (Å²) in [4.78, 5) is 23.6. The van der Waals surface area contributed by atoms with Gasteiger partial charge in [0.25, 0.3) is 0 Å². The van der Waals surface area contributed by atoms with Gasteiger partial charge in [0.15, 0.2) is 11.5 Å². The Kier molecular flexibility index (Phi) is 5.43. The lowest BCUT2D eigenvalue weighted by Crippen LogP contribution is -2.49. The number of piperidine rings is 1. The van der Waals surface area contributed by atoms with E-state index in [-0.39, 0.29) is 5.41 Å². The van der Waals surface area contributed by atoms with E-state index < -0.39 is 0 Å². The van der Waals surface area contributed by atoms with Crippen molar-refractivity contribution < 1.29 is 0 Å². The summed E-state index contributed by atoms with van der Waals surface area (Å²) in [7, 11) is 0. The zero-order chi connectivity index (χ0) is 25.7. The highest BCUT2D eigenvalue weighted by molar-refractivity contribution is 5.93. The number of pyridine rings is 3. The molecule has 10 heteroatoms. The van der Waals surface area contributed by atoms with Crippen molar-refractivity contribution in [3.05, 3.63) is 60.7 Å². The van der Waals surface area contributed by atoms with Crippen LogP contribution in [0, 0.1) is 5.41 Å². The molecule has 0 radical (unpaired) electrons. The summed E-state index contributed by atoms with van der Waals surface area (Å²) in [6, 6.07) is 9.92. The Hall–Kier alpha value is -4.18. The van der Waals surface area contributed by atoms with Crippen LogP contribution in [0.15, 0.2) is 55.1 Å². The number of rotatable bonds is 6. The first-order valence-electron chi connectivity index (χ1n) is 13.2. The fourth-order valence-corrected chi connectivity index (χ4v) is 5.29. The largest absolute Gasteiger partial charge is 0.366 e. The highest BCUT2D eigenvalue weighted by Crippen LogP contribution is 2.44. The maximum Gasteiger partial charge on any atom is 0.248 e. The second kappa shape index (κ2) is 8.98. The van der Waals surface area contributed by atoms with Gasteiger partial charge in [0.05, 0.1) is 11.7 Å². The molecule has 1 saturated heterocycles. The summed E-state index contributed by atoms with van der Waals surface area (Å²) < 4.78 is 1.73. The zero-order valence-electron chi connectivity index (χ0n) is 21.5. The monoisotopic (exact) mass is 506 g/mol. The van der Waals surface area contributed by atoms with Crippen molar-refractivity contribution in [2.45, 2.75) is 45.1 Å². The topological polar surface area (TPSA) is 118 Å². The number of hydrogen-bond acceptors (Lipinski definition) is 9. The molecule has 10 nitrogen and oxygen atoms in total. The van der Waals surface area contributed by atoms with Gasteiger partial charge in [-0.15, -0.1) is 5.10 Å². The van der Waals surface area contributed by atoms with E-state index in [0.717, 1.165) is 47.4 Å². The van der Waals surface area contributed by atoms with Gasteiger partial charge in [-0.2, -0.15) is 4.98 Å². The van der Waals surface area contributed by atoms with Gasteiger partial charge in [-0.25, -0.2) is 19.5 Å². The Morgan fingerprint density at radius 2 is 1.97 bits per heavy atom. The molecule has 7 rings (SSSR count). The van der Waals surface area contributed by atoms with E-state index in [9.17, 15) is 0 Å². The lowest BCUT2D eigenvalue weighted by Gasteiger charge is -2.40. The summed E-state index contributed by atoms with van der Waals surface area (Å²) in [5.41, 5.74) is 3.83. The normalized spacial score (nSPS) is 19.1. The number of anilines is 3. The number of nitrogens with one attached hydrogen (secondary N) is 3. The minimum atomic E-state index is 0.0946. The molecule has 0 amide bonds. The maximum atomic E-state index is 5.12. The molecule has 3 N–H and O–H groups in total. The van der Waals surface area contributed by atoms with E-state index in [1.807, 2.05) is 48.9 Å². The van der Waals surface area contributed by atoms with Crippen LogP contribution in [0.4, 0.5) is 17.6 Å². The Balaban J connectivity index is 1.28. The molecule has 0 spiro atoms. The van der Waals surface area contributed by atoms with Gasteiger partial charge in [0, 0.05) is 42.1 Å². The van der Waals surface area contributed by atoms with Gasteiger partial charge in [0.2, 0.25) is 5.95 Å². The van der Waals surface area contributed by atoms with Crippen molar-refractivity contribution in [2.75, 3.05) is 23.7 Å². The average Bonchev–Trinajstić information content (AvgIpc) is 3.69. The number of fused-ring (bicyclic) bond motifs is 2. The summed E-state index contributed by atoms with van der Waals surface area (Å²) in [5.74, 6) is 3.17.